The molecule has 26 heavy (non-hydrogen) atoms. The summed E-state index contributed by atoms with van der Waals surface area (Å²) in [6.07, 6.45) is -3.43. The fourth-order valence-electron chi connectivity index (χ4n) is 0. The van der Waals surface area contributed by atoms with E-state index in [0.717, 1.165) is 0 Å². The minimum Gasteiger partial charge on any atom is -0.847 e. The first-order valence-electron chi connectivity index (χ1n) is 6.91. The molecule has 0 heterocycles. The van der Waals surface area contributed by atoms with Gasteiger partial charge in [0.25, 0.3) is 0 Å². The Labute approximate surface area is 165 Å². The second-order valence-corrected chi connectivity index (χ2v) is 4.21. The van der Waals surface area contributed by atoms with Gasteiger partial charge in [0, 0.05) is 18.6 Å². The van der Waals surface area contributed by atoms with Gasteiger partial charge in [-0.2, -0.15) is 0 Å². The van der Waals surface area contributed by atoms with E-state index < -0.39 is 30.5 Å². The largest absolute Gasteiger partial charge is 0.847 e. The van der Waals surface area contributed by atoms with Crippen molar-refractivity contribution in [3.8, 4) is 0 Å². The van der Waals surface area contributed by atoms with Crippen LogP contribution in [0.1, 0.15) is 34.6 Å². The fourth-order valence-corrected chi connectivity index (χ4v) is 0. The van der Waals surface area contributed by atoms with Gasteiger partial charge >= 0.3 is 0 Å². The third-order valence-electron chi connectivity index (χ3n) is 0.958. The summed E-state index contributed by atoms with van der Waals surface area (Å²) in [5.41, 5.74) is 0. The molecule has 0 aromatic carbocycles. The zero-order valence-electron chi connectivity index (χ0n) is 15.3. The number of carbonyl (C=O) groups is 5. The topological polar surface area (TPSA) is 201 Å². The Morgan fingerprint density at radius 2 is 0.462 bits per heavy atom. The molecule has 0 aromatic rings. The molecule has 0 rings (SSSR count). The molecule has 155 valence electrons. The third kappa shape index (κ3) is 141. The number of carbonyl (C=O) groups excluding carboxylic acids is 5. The molecule has 1 radical (unpaired) electrons. The van der Waals surface area contributed by atoms with Crippen molar-refractivity contribution in [1.82, 2.24) is 0 Å². The molecular formula is C15H25O10V-5. The molecule has 0 aliphatic heterocycles. The van der Waals surface area contributed by atoms with Crippen molar-refractivity contribution >= 4 is 31.4 Å². The summed E-state index contributed by atoms with van der Waals surface area (Å²) < 4.78 is 0. The second kappa shape index (κ2) is 35.0. The molecule has 0 bridgehead atoms. The molecule has 0 saturated carbocycles. The van der Waals surface area contributed by atoms with Crippen molar-refractivity contribution < 1.29 is 68.1 Å². The first-order valence-corrected chi connectivity index (χ1v) is 6.91. The van der Waals surface area contributed by atoms with Crippen molar-refractivity contribution in [1.29, 1.82) is 0 Å². The average Bonchev–Trinajstić information content (AvgIpc) is 2.56. The molecule has 0 saturated heterocycles. The van der Waals surface area contributed by atoms with Crippen LogP contribution in [0.15, 0.2) is 0 Å². The number of aldehydes is 5. The standard InChI is InChI=1S/5C3H5O2.V/c5*1-3(5)2-4;/h5*2-3H,1H3;/q5*-1;. The quantitative estimate of drug-likeness (QED) is 0.389. The number of hydrogen-bond donors (Lipinski definition) is 0. The Kier molecular flexibility index (Phi) is 53.4. The van der Waals surface area contributed by atoms with Gasteiger partial charge in [-0.05, 0) is 0 Å². The van der Waals surface area contributed by atoms with Crippen molar-refractivity contribution in [2.45, 2.75) is 65.1 Å². The molecule has 0 aliphatic carbocycles. The summed E-state index contributed by atoms with van der Waals surface area (Å²) in [5.74, 6) is 0. The summed E-state index contributed by atoms with van der Waals surface area (Å²) >= 11 is 0. The van der Waals surface area contributed by atoms with Gasteiger partial charge < -0.3 is 49.5 Å². The predicted octanol–water partition coefficient (Wildman–Crippen LogP) is -5.33. The van der Waals surface area contributed by atoms with Gasteiger partial charge in [0.2, 0.25) is 0 Å². The van der Waals surface area contributed by atoms with Gasteiger partial charge in [-0.15, -0.1) is 0 Å². The van der Waals surface area contributed by atoms with Gasteiger partial charge in [-0.1, -0.05) is 65.1 Å². The van der Waals surface area contributed by atoms with Crippen LogP contribution in [0.25, 0.3) is 0 Å². The predicted molar refractivity (Wildman–Crippen MR) is 77.6 cm³/mol. The number of hydrogen-bond acceptors (Lipinski definition) is 10. The summed E-state index contributed by atoms with van der Waals surface area (Å²) in [5, 5.41) is 47.6. The van der Waals surface area contributed by atoms with E-state index in [9.17, 15) is 49.5 Å². The average molecular weight is 416 g/mol. The molecule has 10 nitrogen and oxygen atoms in total. The van der Waals surface area contributed by atoms with Gasteiger partial charge in [0.15, 0.2) is 0 Å². The Morgan fingerprint density at radius 1 is 0.423 bits per heavy atom. The molecule has 0 N–H and O–H groups in total. The van der Waals surface area contributed by atoms with E-state index in [1.807, 2.05) is 0 Å². The van der Waals surface area contributed by atoms with Crippen molar-refractivity contribution in [2.75, 3.05) is 0 Å². The van der Waals surface area contributed by atoms with Crippen LogP contribution in [-0.4, -0.2) is 62.0 Å². The van der Waals surface area contributed by atoms with E-state index in [0.29, 0.717) is 31.4 Å². The Balaban J connectivity index is -0.0000000476. The number of rotatable bonds is 5. The van der Waals surface area contributed by atoms with E-state index in [-0.39, 0.29) is 18.6 Å². The third-order valence-corrected chi connectivity index (χ3v) is 0.958. The van der Waals surface area contributed by atoms with Crippen LogP contribution in [0.2, 0.25) is 0 Å². The Bertz CT molecular complexity index is 235. The zero-order chi connectivity index (χ0) is 21.4. The minimum absolute atomic E-state index is 0. The molecule has 0 amide bonds. The van der Waals surface area contributed by atoms with E-state index >= 15 is 0 Å². The van der Waals surface area contributed by atoms with E-state index in [2.05, 4.69) is 0 Å². The van der Waals surface area contributed by atoms with Crippen LogP contribution in [0.5, 0.6) is 0 Å². The maximum Gasteiger partial charge on any atom is 0.106 e. The second-order valence-electron chi connectivity index (χ2n) is 4.21. The van der Waals surface area contributed by atoms with Crippen molar-refractivity contribution in [2.24, 2.45) is 0 Å². The molecular weight excluding hydrogens is 391 g/mol. The summed E-state index contributed by atoms with van der Waals surface area (Å²) in [4.78, 5) is 46.0. The molecule has 5 unspecified atom stereocenters. The fraction of sp³-hybridized carbons (Fsp3) is 0.667. The van der Waals surface area contributed by atoms with Gasteiger partial charge in [-0.3, -0.25) is 0 Å². The van der Waals surface area contributed by atoms with Crippen LogP contribution < -0.4 is 25.5 Å². The summed E-state index contributed by atoms with van der Waals surface area (Å²) in [6, 6.07) is 0. The smallest absolute Gasteiger partial charge is 0.106 e. The van der Waals surface area contributed by atoms with Gasteiger partial charge in [0.1, 0.15) is 31.4 Å². The van der Waals surface area contributed by atoms with E-state index in [1.54, 1.807) is 0 Å². The van der Waals surface area contributed by atoms with E-state index in [1.165, 1.54) is 34.6 Å². The normalized spacial score (nSPS) is 13.5. The van der Waals surface area contributed by atoms with Crippen LogP contribution in [0.4, 0.5) is 0 Å². The van der Waals surface area contributed by atoms with Gasteiger partial charge in [0.05, 0.1) is 0 Å². The molecule has 0 fully saturated rings. The Morgan fingerprint density at radius 3 is 0.462 bits per heavy atom. The van der Waals surface area contributed by atoms with Crippen molar-refractivity contribution in [3.63, 3.8) is 0 Å². The molecule has 5 atom stereocenters. The summed E-state index contributed by atoms with van der Waals surface area (Å²) in [6.45, 7) is 6.49. The van der Waals surface area contributed by atoms with Crippen LogP contribution >= 0.6 is 0 Å². The van der Waals surface area contributed by atoms with Crippen LogP contribution in [0.3, 0.4) is 0 Å². The van der Waals surface area contributed by atoms with Crippen molar-refractivity contribution in [3.05, 3.63) is 0 Å². The molecule has 0 spiro atoms. The van der Waals surface area contributed by atoms with Gasteiger partial charge in [-0.25, -0.2) is 0 Å². The molecule has 11 heteroatoms. The maximum atomic E-state index is 9.53. The Hall–Kier alpha value is -1.27. The molecule has 0 aromatic heterocycles. The monoisotopic (exact) mass is 416 g/mol. The summed E-state index contributed by atoms with van der Waals surface area (Å²) in [7, 11) is 0. The van der Waals surface area contributed by atoms with E-state index in [4.69, 9.17) is 0 Å². The first kappa shape index (κ1) is 39.7. The van der Waals surface area contributed by atoms with Crippen LogP contribution in [-0.2, 0) is 42.5 Å². The first-order chi connectivity index (χ1) is 11.4. The maximum absolute atomic E-state index is 9.53. The SMILES string of the molecule is CC([O-])C=O.CC([O-])C=O.CC([O-])C=O.CC([O-])C=O.CC([O-])C=O.[V]. The minimum atomic E-state index is -1.05. The molecule has 0 aliphatic rings. The van der Waals surface area contributed by atoms with Crippen LogP contribution in [0, 0.1) is 0 Å². The zero-order valence-corrected chi connectivity index (χ0v) is 16.7.